The first-order valence-corrected chi connectivity index (χ1v) is 7.50. The standard InChI is InChI=1S/C13H14Br2FN3/c1-3-10-13(15)12(19(2)18-10)7-17-11-5-4-8(14)6-9(11)16/h4-6,17H,3,7H2,1-2H3. The third-order valence-corrected chi connectivity index (χ3v) is 4.29. The van der Waals surface area contributed by atoms with Crippen molar-refractivity contribution in [3.63, 3.8) is 0 Å². The molecule has 0 spiro atoms. The zero-order valence-corrected chi connectivity index (χ0v) is 13.8. The molecule has 0 atom stereocenters. The van der Waals surface area contributed by atoms with Gasteiger partial charge in [-0.05, 0) is 40.5 Å². The van der Waals surface area contributed by atoms with Crippen molar-refractivity contribution >= 4 is 37.5 Å². The summed E-state index contributed by atoms with van der Waals surface area (Å²) in [6, 6.07) is 4.96. The van der Waals surface area contributed by atoms with Gasteiger partial charge in [-0.1, -0.05) is 22.9 Å². The Balaban J connectivity index is 2.16. The summed E-state index contributed by atoms with van der Waals surface area (Å²) in [5.41, 5.74) is 2.49. The monoisotopic (exact) mass is 389 g/mol. The van der Waals surface area contributed by atoms with Gasteiger partial charge in [0.15, 0.2) is 0 Å². The highest BCUT2D eigenvalue weighted by Crippen LogP contribution is 2.24. The van der Waals surface area contributed by atoms with Crippen LogP contribution in [-0.2, 0) is 20.0 Å². The van der Waals surface area contributed by atoms with Crippen LogP contribution in [0, 0.1) is 5.82 Å². The van der Waals surface area contributed by atoms with Gasteiger partial charge in [-0.15, -0.1) is 0 Å². The van der Waals surface area contributed by atoms with Crippen LogP contribution >= 0.6 is 31.9 Å². The van der Waals surface area contributed by atoms with Crippen molar-refractivity contribution in [1.82, 2.24) is 9.78 Å². The van der Waals surface area contributed by atoms with Gasteiger partial charge in [-0.3, -0.25) is 4.68 Å². The quantitative estimate of drug-likeness (QED) is 0.845. The van der Waals surface area contributed by atoms with E-state index in [1.54, 1.807) is 12.1 Å². The fourth-order valence-electron chi connectivity index (χ4n) is 1.82. The fraction of sp³-hybridized carbons (Fsp3) is 0.308. The van der Waals surface area contributed by atoms with Crippen molar-refractivity contribution < 1.29 is 4.39 Å². The zero-order valence-electron chi connectivity index (χ0n) is 10.7. The van der Waals surface area contributed by atoms with E-state index in [0.717, 1.165) is 26.8 Å². The minimum absolute atomic E-state index is 0.275. The summed E-state index contributed by atoms with van der Waals surface area (Å²) in [4.78, 5) is 0. The number of nitrogens with one attached hydrogen (secondary N) is 1. The molecule has 0 aliphatic heterocycles. The topological polar surface area (TPSA) is 29.9 Å². The first kappa shape index (κ1) is 14.5. The van der Waals surface area contributed by atoms with Gasteiger partial charge in [0.2, 0.25) is 0 Å². The van der Waals surface area contributed by atoms with E-state index in [-0.39, 0.29) is 5.82 Å². The molecule has 0 saturated heterocycles. The molecule has 1 N–H and O–H groups in total. The maximum atomic E-state index is 13.7. The third-order valence-electron chi connectivity index (χ3n) is 2.88. The van der Waals surface area contributed by atoms with Crippen molar-refractivity contribution in [1.29, 1.82) is 0 Å². The van der Waals surface area contributed by atoms with E-state index < -0.39 is 0 Å². The van der Waals surface area contributed by atoms with Crippen molar-refractivity contribution in [2.45, 2.75) is 19.9 Å². The Morgan fingerprint density at radius 3 is 2.68 bits per heavy atom. The van der Waals surface area contributed by atoms with Gasteiger partial charge in [-0.25, -0.2) is 4.39 Å². The van der Waals surface area contributed by atoms with Crippen LogP contribution in [0.25, 0.3) is 0 Å². The Morgan fingerprint density at radius 1 is 1.37 bits per heavy atom. The van der Waals surface area contributed by atoms with Gasteiger partial charge in [0.25, 0.3) is 0 Å². The van der Waals surface area contributed by atoms with Crippen LogP contribution in [0.1, 0.15) is 18.3 Å². The van der Waals surface area contributed by atoms with E-state index in [1.807, 2.05) is 11.7 Å². The van der Waals surface area contributed by atoms with Gasteiger partial charge in [0.05, 0.1) is 28.1 Å². The van der Waals surface area contributed by atoms with Crippen molar-refractivity contribution in [2.24, 2.45) is 7.05 Å². The number of benzene rings is 1. The number of halogens is 3. The van der Waals surface area contributed by atoms with Crippen LogP contribution in [0.15, 0.2) is 27.1 Å². The summed E-state index contributed by atoms with van der Waals surface area (Å²) in [5.74, 6) is -0.275. The van der Waals surface area contributed by atoms with Crippen molar-refractivity contribution in [3.05, 3.63) is 44.3 Å². The third kappa shape index (κ3) is 3.17. The van der Waals surface area contributed by atoms with Crippen LogP contribution in [-0.4, -0.2) is 9.78 Å². The minimum Gasteiger partial charge on any atom is -0.377 e. The van der Waals surface area contributed by atoms with Gasteiger partial charge >= 0.3 is 0 Å². The van der Waals surface area contributed by atoms with E-state index >= 15 is 0 Å². The predicted molar refractivity (Wildman–Crippen MR) is 81.7 cm³/mol. The molecule has 2 rings (SSSR count). The lowest BCUT2D eigenvalue weighted by molar-refractivity contribution is 0.628. The molecule has 0 fully saturated rings. The molecular formula is C13H14Br2FN3. The van der Waals surface area contributed by atoms with E-state index in [4.69, 9.17) is 0 Å². The molecule has 2 aromatic rings. The van der Waals surface area contributed by atoms with Crippen molar-refractivity contribution in [3.8, 4) is 0 Å². The summed E-state index contributed by atoms with van der Waals surface area (Å²) < 4.78 is 17.2. The highest BCUT2D eigenvalue weighted by Gasteiger charge is 2.12. The van der Waals surface area contributed by atoms with E-state index in [0.29, 0.717) is 12.2 Å². The Bertz CT molecular complexity index is 596. The van der Waals surface area contributed by atoms with Crippen LogP contribution in [0.3, 0.4) is 0 Å². The fourth-order valence-corrected chi connectivity index (χ4v) is 2.91. The zero-order chi connectivity index (χ0) is 14.0. The maximum absolute atomic E-state index is 13.7. The first-order chi connectivity index (χ1) is 9.02. The van der Waals surface area contributed by atoms with E-state index in [2.05, 4.69) is 49.2 Å². The molecule has 3 nitrogen and oxygen atoms in total. The number of aromatic nitrogens is 2. The summed E-state index contributed by atoms with van der Waals surface area (Å²) in [6.07, 6.45) is 0.862. The molecule has 0 unspecified atom stereocenters. The second-order valence-corrected chi connectivity index (χ2v) is 5.87. The lowest BCUT2D eigenvalue weighted by Crippen LogP contribution is -2.07. The highest BCUT2D eigenvalue weighted by molar-refractivity contribution is 9.10. The van der Waals surface area contributed by atoms with Crippen LogP contribution in [0.2, 0.25) is 0 Å². The van der Waals surface area contributed by atoms with Crippen LogP contribution < -0.4 is 5.32 Å². The summed E-state index contributed by atoms with van der Waals surface area (Å²) in [5, 5.41) is 7.49. The predicted octanol–water partition coefficient (Wildman–Crippen LogP) is 4.26. The van der Waals surface area contributed by atoms with Gasteiger partial charge in [0.1, 0.15) is 5.82 Å². The number of hydrogen-bond donors (Lipinski definition) is 1. The van der Waals surface area contributed by atoms with Gasteiger partial charge < -0.3 is 5.32 Å². The number of nitrogens with zero attached hydrogens (tertiary/aromatic N) is 2. The number of anilines is 1. The largest absolute Gasteiger partial charge is 0.377 e. The molecular weight excluding hydrogens is 377 g/mol. The SMILES string of the molecule is CCc1nn(C)c(CNc2ccc(Br)cc2F)c1Br. The molecule has 6 heteroatoms. The molecule has 0 aliphatic rings. The normalized spacial score (nSPS) is 10.8. The van der Waals surface area contributed by atoms with Gasteiger partial charge in [-0.2, -0.15) is 5.10 Å². The summed E-state index contributed by atoms with van der Waals surface area (Å²) in [7, 11) is 1.89. The van der Waals surface area contributed by atoms with Crippen molar-refractivity contribution in [2.75, 3.05) is 5.32 Å². The number of hydrogen-bond acceptors (Lipinski definition) is 2. The molecule has 102 valence electrons. The van der Waals surface area contributed by atoms with Crippen LogP contribution in [0.5, 0.6) is 0 Å². The molecule has 1 heterocycles. The van der Waals surface area contributed by atoms with E-state index in [9.17, 15) is 4.39 Å². The minimum atomic E-state index is -0.275. The molecule has 0 amide bonds. The smallest absolute Gasteiger partial charge is 0.147 e. The molecule has 0 bridgehead atoms. The Morgan fingerprint density at radius 2 is 2.11 bits per heavy atom. The molecule has 0 saturated carbocycles. The summed E-state index contributed by atoms with van der Waals surface area (Å²) in [6.45, 7) is 2.57. The Labute approximate surface area is 128 Å². The first-order valence-electron chi connectivity index (χ1n) is 5.92. The molecule has 0 aliphatic carbocycles. The van der Waals surface area contributed by atoms with Gasteiger partial charge in [0, 0.05) is 11.5 Å². The molecule has 19 heavy (non-hydrogen) atoms. The lowest BCUT2D eigenvalue weighted by Gasteiger charge is -2.08. The highest BCUT2D eigenvalue weighted by atomic mass is 79.9. The Kier molecular flexibility index (Phi) is 4.62. The second kappa shape index (κ2) is 6.05. The van der Waals surface area contributed by atoms with E-state index in [1.165, 1.54) is 6.07 Å². The lowest BCUT2D eigenvalue weighted by atomic mass is 10.2. The average Bonchev–Trinajstić information content (AvgIpc) is 2.64. The maximum Gasteiger partial charge on any atom is 0.147 e. The van der Waals surface area contributed by atoms with Crippen LogP contribution in [0.4, 0.5) is 10.1 Å². The molecule has 1 aromatic heterocycles. The molecule has 0 radical (unpaired) electrons. The average molecular weight is 391 g/mol. The molecule has 1 aromatic carbocycles. The Hall–Kier alpha value is -0.880. The second-order valence-electron chi connectivity index (χ2n) is 4.16. The number of rotatable bonds is 4. The number of aryl methyl sites for hydroxylation is 2. The summed E-state index contributed by atoms with van der Waals surface area (Å²) >= 11 is 6.78.